The first-order chi connectivity index (χ1) is 11.7. The molecule has 0 spiro atoms. The predicted molar refractivity (Wildman–Crippen MR) is 97.1 cm³/mol. The van der Waals surface area contributed by atoms with Crippen molar-refractivity contribution >= 4 is 34.3 Å². The smallest absolute Gasteiger partial charge is 0.250 e. The van der Waals surface area contributed by atoms with Gasteiger partial charge in [-0.1, -0.05) is 18.2 Å². The third-order valence-corrected chi connectivity index (χ3v) is 4.45. The van der Waals surface area contributed by atoms with Crippen molar-refractivity contribution in [2.45, 2.75) is 11.8 Å². The van der Waals surface area contributed by atoms with Gasteiger partial charge in [-0.3, -0.25) is 14.8 Å². The van der Waals surface area contributed by atoms with Crippen LogP contribution in [0.2, 0.25) is 0 Å². The molecule has 5 nitrogen and oxygen atoms in total. The zero-order valence-corrected chi connectivity index (χ0v) is 14.0. The summed E-state index contributed by atoms with van der Waals surface area (Å²) in [5.41, 5.74) is 5.16. The number of thioether (sulfide) groups is 1. The van der Waals surface area contributed by atoms with Gasteiger partial charge in [-0.25, -0.2) is 5.43 Å². The molecule has 0 bridgehead atoms. The van der Waals surface area contributed by atoms with Crippen molar-refractivity contribution in [3.8, 4) is 0 Å². The number of benzene rings is 1. The fraction of sp³-hybridized carbons (Fsp3) is 0.111. The molecule has 1 aromatic carbocycles. The number of aromatic nitrogens is 2. The summed E-state index contributed by atoms with van der Waals surface area (Å²) in [7, 11) is 0. The molecule has 2 heterocycles. The summed E-state index contributed by atoms with van der Waals surface area (Å²) in [6.45, 7) is 1.84. The van der Waals surface area contributed by atoms with Gasteiger partial charge in [0.1, 0.15) is 0 Å². The molecule has 3 rings (SSSR count). The minimum Gasteiger partial charge on any atom is -0.272 e. The second-order valence-electron chi connectivity index (χ2n) is 5.09. The highest BCUT2D eigenvalue weighted by atomic mass is 32.2. The van der Waals surface area contributed by atoms with Gasteiger partial charge in [0.05, 0.1) is 17.0 Å². The fourth-order valence-electron chi connectivity index (χ4n) is 2.17. The summed E-state index contributed by atoms with van der Waals surface area (Å²) in [6.07, 6.45) is 5.15. The summed E-state index contributed by atoms with van der Waals surface area (Å²) in [6, 6.07) is 13.6. The first-order valence-electron chi connectivity index (χ1n) is 7.44. The highest BCUT2D eigenvalue weighted by Crippen LogP contribution is 2.25. The molecule has 0 atom stereocenters. The number of nitrogens with one attached hydrogen (secondary N) is 1. The molecule has 0 aliphatic heterocycles. The van der Waals surface area contributed by atoms with E-state index in [1.807, 2.05) is 49.4 Å². The van der Waals surface area contributed by atoms with E-state index in [9.17, 15) is 4.79 Å². The van der Waals surface area contributed by atoms with Crippen LogP contribution in [0, 0.1) is 0 Å². The van der Waals surface area contributed by atoms with E-state index >= 15 is 0 Å². The maximum Gasteiger partial charge on any atom is 0.250 e. The number of para-hydroxylation sites is 1. The summed E-state index contributed by atoms with van der Waals surface area (Å²) < 4.78 is 0. The maximum absolute atomic E-state index is 12.0. The van der Waals surface area contributed by atoms with Crippen LogP contribution in [0.25, 0.3) is 10.9 Å². The molecule has 0 fully saturated rings. The quantitative estimate of drug-likeness (QED) is 0.441. The number of pyridine rings is 2. The van der Waals surface area contributed by atoms with Crippen LogP contribution >= 0.6 is 11.8 Å². The number of carbonyl (C=O) groups is 1. The van der Waals surface area contributed by atoms with Crippen LogP contribution in [0.5, 0.6) is 0 Å². The Bertz CT molecular complexity index is 875. The molecule has 0 radical (unpaired) electrons. The minimum absolute atomic E-state index is 0.152. The van der Waals surface area contributed by atoms with E-state index in [-0.39, 0.29) is 11.7 Å². The van der Waals surface area contributed by atoms with Crippen LogP contribution in [0.15, 0.2) is 71.1 Å². The number of hydrazone groups is 1. The lowest BCUT2D eigenvalue weighted by atomic mass is 10.2. The van der Waals surface area contributed by atoms with Gasteiger partial charge in [0.25, 0.3) is 0 Å². The Kier molecular flexibility index (Phi) is 5.18. The molecule has 24 heavy (non-hydrogen) atoms. The Labute approximate surface area is 144 Å². The van der Waals surface area contributed by atoms with Crippen molar-refractivity contribution in [2.75, 3.05) is 5.75 Å². The number of hydrogen-bond donors (Lipinski definition) is 1. The van der Waals surface area contributed by atoms with Crippen LogP contribution in [-0.2, 0) is 4.79 Å². The first-order valence-corrected chi connectivity index (χ1v) is 8.42. The molecule has 6 heteroatoms. The number of fused-ring (bicyclic) bond motifs is 1. The Morgan fingerprint density at radius 1 is 1.12 bits per heavy atom. The first kappa shape index (κ1) is 16.1. The van der Waals surface area contributed by atoms with Crippen LogP contribution < -0.4 is 5.43 Å². The normalized spacial score (nSPS) is 11.5. The van der Waals surface area contributed by atoms with Crippen LogP contribution in [-0.4, -0.2) is 27.3 Å². The van der Waals surface area contributed by atoms with Crippen LogP contribution in [0.4, 0.5) is 0 Å². The second-order valence-corrected chi connectivity index (χ2v) is 6.11. The van der Waals surface area contributed by atoms with Crippen molar-refractivity contribution in [2.24, 2.45) is 5.10 Å². The topological polar surface area (TPSA) is 67.2 Å². The molecule has 1 N–H and O–H groups in total. The summed E-state index contributed by atoms with van der Waals surface area (Å²) in [5, 5.41) is 5.19. The van der Waals surface area contributed by atoms with Crippen molar-refractivity contribution in [1.29, 1.82) is 0 Å². The van der Waals surface area contributed by atoms with Gasteiger partial charge < -0.3 is 0 Å². The minimum atomic E-state index is -0.152. The Hall–Kier alpha value is -2.73. The lowest BCUT2D eigenvalue weighted by molar-refractivity contribution is -0.118. The van der Waals surface area contributed by atoms with Crippen LogP contribution in [0.1, 0.15) is 12.5 Å². The highest BCUT2D eigenvalue weighted by molar-refractivity contribution is 8.00. The van der Waals surface area contributed by atoms with Crippen molar-refractivity contribution in [3.63, 3.8) is 0 Å². The van der Waals surface area contributed by atoms with Crippen LogP contribution in [0.3, 0.4) is 0 Å². The summed E-state index contributed by atoms with van der Waals surface area (Å²) >= 11 is 1.45. The molecule has 2 aromatic heterocycles. The van der Waals surface area contributed by atoms with Crippen molar-refractivity contribution in [3.05, 3.63) is 66.6 Å². The van der Waals surface area contributed by atoms with Gasteiger partial charge in [-0.05, 0) is 31.2 Å². The molecule has 0 aliphatic carbocycles. The highest BCUT2D eigenvalue weighted by Gasteiger charge is 2.06. The fourth-order valence-corrected chi connectivity index (χ4v) is 3.01. The molecular weight excluding hydrogens is 320 g/mol. The Morgan fingerprint density at radius 3 is 2.75 bits per heavy atom. The SMILES string of the molecule is C/C(=N/NC(=O)CSc1cccc2cccnc12)c1ccncc1. The van der Waals surface area contributed by atoms with Gasteiger partial charge in [-0.2, -0.15) is 5.10 Å². The second kappa shape index (κ2) is 7.70. The zero-order chi connectivity index (χ0) is 16.8. The number of amides is 1. The number of hydrogen-bond acceptors (Lipinski definition) is 5. The Balaban J connectivity index is 1.61. The predicted octanol–water partition coefficient (Wildman–Crippen LogP) is 3.26. The maximum atomic E-state index is 12.0. The van der Waals surface area contributed by atoms with Crippen molar-refractivity contribution < 1.29 is 4.79 Å². The van der Waals surface area contributed by atoms with Gasteiger partial charge >= 0.3 is 0 Å². The van der Waals surface area contributed by atoms with E-state index in [2.05, 4.69) is 20.5 Å². The molecule has 0 aliphatic rings. The average molecular weight is 336 g/mol. The lowest BCUT2D eigenvalue weighted by Crippen LogP contribution is -2.21. The summed E-state index contributed by atoms with van der Waals surface area (Å²) in [4.78, 5) is 21.3. The molecule has 0 saturated carbocycles. The summed E-state index contributed by atoms with van der Waals surface area (Å²) in [5.74, 6) is 0.129. The largest absolute Gasteiger partial charge is 0.272 e. The van der Waals surface area contributed by atoms with E-state index in [0.717, 1.165) is 27.1 Å². The number of carbonyl (C=O) groups excluding carboxylic acids is 1. The van der Waals surface area contributed by atoms with Gasteiger partial charge in [0.2, 0.25) is 5.91 Å². The third kappa shape index (κ3) is 3.97. The monoisotopic (exact) mass is 336 g/mol. The molecule has 1 amide bonds. The lowest BCUT2D eigenvalue weighted by Gasteiger charge is -2.05. The van der Waals surface area contributed by atoms with E-state index in [1.54, 1.807) is 18.6 Å². The molecular formula is C18H16N4OS. The van der Waals surface area contributed by atoms with Gasteiger partial charge in [0.15, 0.2) is 0 Å². The van der Waals surface area contributed by atoms with Crippen molar-refractivity contribution in [1.82, 2.24) is 15.4 Å². The number of rotatable bonds is 5. The van der Waals surface area contributed by atoms with Gasteiger partial charge in [-0.15, -0.1) is 11.8 Å². The van der Waals surface area contributed by atoms with E-state index < -0.39 is 0 Å². The number of nitrogens with zero attached hydrogens (tertiary/aromatic N) is 3. The average Bonchev–Trinajstić information content (AvgIpc) is 2.65. The molecule has 3 aromatic rings. The Morgan fingerprint density at radius 2 is 1.92 bits per heavy atom. The van der Waals surface area contributed by atoms with E-state index in [1.165, 1.54) is 11.8 Å². The van der Waals surface area contributed by atoms with E-state index in [4.69, 9.17) is 0 Å². The molecule has 120 valence electrons. The molecule has 0 saturated heterocycles. The standard InChI is InChI=1S/C18H16N4OS/c1-13(14-7-10-19-11-8-14)21-22-17(23)12-24-16-6-2-4-15-5-3-9-20-18(15)16/h2-11H,12H2,1H3,(H,22,23)/b21-13-. The van der Waals surface area contributed by atoms with Gasteiger partial charge in [0, 0.05) is 34.4 Å². The zero-order valence-electron chi connectivity index (χ0n) is 13.1. The van der Waals surface area contributed by atoms with E-state index in [0.29, 0.717) is 0 Å². The molecule has 0 unspecified atom stereocenters. The third-order valence-electron chi connectivity index (χ3n) is 3.40.